The largest absolute Gasteiger partial charge is 0.300 e. The molecule has 1 aromatic carbocycles. The van der Waals surface area contributed by atoms with Crippen LogP contribution in [0.4, 0.5) is 0 Å². The molecule has 1 rings (SSSR count). The number of nitrogens with zero attached hydrogens (tertiary/aromatic N) is 1. The molecule has 0 spiro atoms. The molecule has 0 saturated heterocycles. The molecule has 1 aromatic rings. The first-order chi connectivity index (χ1) is 6.93. The predicted octanol–water partition coefficient (Wildman–Crippen LogP) is 2.44. The van der Waals surface area contributed by atoms with Crippen LogP contribution < -0.4 is 0 Å². The fraction of sp³-hybridized carbons (Fsp3) is 0.462. The zero-order valence-electron chi connectivity index (χ0n) is 10.2. The molecule has 0 heterocycles. The van der Waals surface area contributed by atoms with E-state index in [0.29, 0.717) is 0 Å². The fourth-order valence-corrected chi connectivity index (χ4v) is 1.37. The van der Waals surface area contributed by atoms with E-state index in [2.05, 4.69) is 6.92 Å². The highest BCUT2D eigenvalue weighted by molar-refractivity contribution is 6.00. The van der Waals surface area contributed by atoms with Crippen molar-refractivity contribution in [3.63, 3.8) is 0 Å². The van der Waals surface area contributed by atoms with Gasteiger partial charge in [0.2, 0.25) is 0 Å². The third kappa shape index (κ3) is 2.66. The Morgan fingerprint density at radius 2 is 1.80 bits per heavy atom. The maximum Gasteiger partial charge on any atom is 0.179 e. The van der Waals surface area contributed by atoms with Gasteiger partial charge < -0.3 is 0 Å². The van der Waals surface area contributed by atoms with Crippen molar-refractivity contribution in [2.75, 3.05) is 14.1 Å². The summed E-state index contributed by atoms with van der Waals surface area (Å²) in [4.78, 5) is 13.9. The van der Waals surface area contributed by atoms with E-state index in [1.807, 2.05) is 51.0 Å². The van der Waals surface area contributed by atoms with Crippen molar-refractivity contribution in [2.45, 2.75) is 26.8 Å². The fourth-order valence-electron chi connectivity index (χ4n) is 1.37. The second-order valence-electron chi connectivity index (χ2n) is 4.30. The standard InChI is InChI=1S/C13H19NO/c1-9-6-7-12(8-10(9)2)13(15)11(3)14(4)5/h6-8,11H,1-5H3. The Labute approximate surface area is 91.9 Å². The summed E-state index contributed by atoms with van der Waals surface area (Å²) in [5.41, 5.74) is 3.20. The van der Waals surface area contributed by atoms with Gasteiger partial charge in [-0.15, -0.1) is 0 Å². The van der Waals surface area contributed by atoms with Gasteiger partial charge in [-0.3, -0.25) is 9.69 Å². The molecular formula is C13H19NO. The van der Waals surface area contributed by atoms with Crippen molar-refractivity contribution >= 4 is 5.78 Å². The van der Waals surface area contributed by atoms with Gasteiger partial charge in [-0.2, -0.15) is 0 Å². The summed E-state index contributed by atoms with van der Waals surface area (Å²) in [6.45, 7) is 6.02. The van der Waals surface area contributed by atoms with Crippen LogP contribution in [0.1, 0.15) is 28.4 Å². The van der Waals surface area contributed by atoms with Crippen molar-refractivity contribution < 1.29 is 4.79 Å². The van der Waals surface area contributed by atoms with Crippen LogP contribution >= 0.6 is 0 Å². The number of carbonyl (C=O) groups is 1. The van der Waals surface area contributed by atoms with Gasteiger partial charge >= 0.3 is 0 Å². The summed E-state index contributed by atoms with van der Waals surface area (Å²) in [5, 5.41) is 0. The maximum atomic E-state index is 12.0. The molecule has 1 unspecified atom stereocenters. The van der Waals surface area contributed by atoms with Gasteiger partial charge in [-0.1, -0.05) is 12.1 Å². The van der Waals surface area contributed by atoms with Crippen LogP contribution in [0.25, 0.3) is 0 Å². The Kier molecular flexibility index (Phi) is 3.64. The molecule has 0 aliphatic carbocycles. The molecule has 0 aliphatic rings. The number of ketones is 1. The van der Waals surface area contributed by atoms with Gasteiger partial charge in [0.15, 0.2) is 5.78 Å². The van der Waals surface area contributed by atoms with Crippen LogP contribution in [0.3, 0.4) is 0 Å². The Morgan fingerprint density at radius 1 is 1.20 bits per heavy atom. The van der Waals surface area contributed by atoms with Crippen molar-refractivity contribution in [3.05, 3.63) is 34.9 Å². The average molecular weight is 205 g/mol. The minimum Gasteiger partial charge on any atom is -0.300 e. The SMILES string of the molecule is Cc1ccc(C(=O)C(C)N(C)C)cc1C. The maximum absolute atomic E-state index is 12.0. The molecule has 2 nitrogen and oxygen atoms in total. The normalized spacial score (nSPS) is 12.9. The minimum absolute atomic E-state index is 0.0629. The first kappa shape index (κ1) is 11.9. The van der Waals surface area contributed by atoms with Crippen molar-refractivity contribution in [2.24, 2.45) is 0 Å². The zero-order valence-corrected chi connectivity index (χ0v) is 10.2. The molecule has 0 N–H and O–H groups in total. The van der Waals surface area contributed by atoms with Crippen LogP contribution in [0.2, 0.25) is 0 Å². The van der Waals surface area contributed by atoms with Crippen molar-refractivity contribution in [1.82, 2.24) is 4.90 Å². The molecule has 0 aromatic heterocycles. The van der Waals surface area contributed by atoms with E-state index in [9.17, 15) is 4.79 Å². The Balaban J connectivity index is 2.97. The summed E-state index contributed by atoms with van der Waals surface area (Å²) in [7, 11) is 3.84. The number of benzene rings is 1. The van der Waals surface area contributed by atoms with Crippen LogP contribution in [0.5, 0.6) is 0 Å². The highest BCUT2D eigenvalue weighted by Gasteiger charge is 2.16. The molecule has 0 radical (unpaired) electrons. The minimum atomic E-state index is -0.0629. The van der Waals surface area contributed by atoms with Gasteiger partial charge in [0.25, 0.3) is 0 Å². The van der Waals surface area contributed by atoms with Gasteiger partial charge in [0.05, 0.1) is 6.04 Å². The molecule has 15 heavy (non-hydrogen) atoms. The van der Waals surface area contributed by atoms with E-state index < -0.39 is 0 Å². The zero-order chi connectivity index (χ0) is 11.6. The third-order valence-electron chi connectivity index (χ3n) is 2.95. The summed E-state index contributed by atoms with van der Waals surface area (Å²) in [5.74, 6) is 0.183. The van der Waals surface area contributed by atoms with Gasteiger partial charge in [0.1, 0.15) is 0 Å². The van der Waals surface area contributed by atoms with Crippen molar-refractivity contribution in [1.29, 1.82) is 0 Å². The van der Waals surface area contributed by atoms with Gasteiger partial charge in [-0.05, 0) is 52.1 Å². The predicted molar refractivity (Wildman–Crippen MR) is 63.4 cm³/mol. The Morgan fingerprint density at radius 3 is 2.27 bits per heavy atom. The summed E-state index contributed by atoms with van der Waals surface area (Å²) in [6.07, 6.45) is 0. The van der Waals surface area contributed by atoms with E-state index >= 15 is 0 Å². The monoisotopic (exact) mass is 205 g/mol. The van der Waals surface area contributed by atoms with Crippen LogP contribution in [-0.2, 0) is 0 Å². The lowest BCUT2D eigenvalue weighted by molar-refractivity contribution is 0.0890. The number of aryl methyl sites for hydroxylation is 2. The first-order valence-corrected chi connectivity index (χ1v) is 5.21. The quantitative estimate of drug-likeness (QED) is 0.706. The number of Topliss-reactive ketones (excluding diaryl/α,β-unsaturated/α-hetero) is 1. The molecule has 0 saturated carbocycles. The third-order valence-corrected chi connectivity index (χ3v) is 2.95. The number of carbonyl (C=O) groups excluding carboxylic acids is 1. The molecule has 0 fully saturated rings. The Hall–Kier alpha value is -1.15. The van der Waals surface area contributed by atoms with Gasteiger partial charge in [0, 0.05) is 5.56 Å². The van der Waals surface area contributed by atoms with Crippen molar-refractivity contribution in [3.8, 4) is 0 Å². The smallest absolute Gasteiger partial charge is 0.179 e. The van der Waals surface area contributed by atoms with Crippen LogP contribution in [0.15, 0.2) is 18.2 Å². The lowest BCUT2D eigenvalue weighted by Gasteiger charge is -2.18. The molecule has 0 amide bonds. The molecule has 0 aliphatic heterocycles. The average Bonchev–Trinajstić information content (AvgIpc) is 2.19. The van der Waals surface area contributed by atoms with Crippen LogP contribution in [-0.4, -0.2) is 30.8 Å². The molecule has 82 valence electrons. The van der Waals surface area contributed by atoms with E-state index in [1.165, 1.54) is 11.1 Å². The van der Waals surface area contributed by atoms with Crippen LogP contribution in [0, 0.1) is 13.8 Å². The topological polar surface area (TPSA) is 20.3 Å². The highest BCUT2D eigenvalue weighted by Crippen LogP contribution is 2.12. The summed E-state index contributed by atoms with van der Waals surface area (Å²) < 4.78 is 0. The molecule has 2 heteroatoms. The lowest BCUT2D eigenvalue weighted by Crippen LogP contribution is -2.32. The first-order valence-electron chi connectivity index (χ1n) is 5.21. The van der Waals surface area contributed by atoms with Gasteiger partial charge in [-0.25, -0.2) is 0 Å². The summed E-state index contributed by atoms with van der Waals surface area (Å²) in [6, 6.07) is 5.82. The van der Waals surface area contributed by atoms with E-state index in [4.69, 9.17) is 0 Å². The van der Waals surface area contributed by atoms with E-state index in [0.717, 1.165) is 5.56 Å². The Bertz CT molecular complexity index is 369. The number of hydrogen-bond donors (Lipinski definition) is 0. The number of likely N-dealkylation sites (N-methyl/N-ethyl adjacent to an activating group) is 1. The van der Waals surface area contributed by atoms with E-state index in [1.54, 1.807) is 0 Å². The molecule has 0 bridgehead atoms. The summed E-state index contributed by atoms with van der Waals surface area (Å²) >= 11 is 0. The molecule has 1 atom stereocenters. The second kappa shape index (κ2) is 4.58. The molecular weight excluding hydrogens is 186 g/mol. The second-order valence-corrected chi connectivity index (χ2v) is 4.30. The highest BCUT2D eigenvalue weighted by atomic mass is 16.1. The van der Waals surface area contributed by atoms with E-state index in [-0.39, 0.29) is 11.8 Å². The number of rotatable bonds is 3. The lowest BCUT2D eigenvalue weighted by atomic mass is 10.00. The number of hydrogen-bond acceptors (Lipinski definition) is 2.